The molecule has 0 heterocycles. The van der Waals surface area contributed by atoms with Crippen molar-refractivity contribution < 1.29 is 4.79 Å². The first-order valence-electron chi connectivity index (χ1n) is 6.79. The minimum atomic E-state index is -0.511. The van der Waals surface area contributed by atoms with Crippen molar-refractivity contribution >= 4 is 17.7 Å². The zero-order valence-electron chi connectivity index (χ0n) is 10.7. The van der Waals surface area contributed by atoms with Gasteiger partial charge in [-0.3, -0.25) is 4.79 Å². The summed E-state index contributed by atoms with van der Waals surface area (Å²) in [7, 11) is 0. The van der Waals surface area contributed by atoms with Gasteiger partial charge in [0.25, 0.3) is 0 Å². The van der Waals surface area contributed by atoms with Gasteiger partial charge in [-0.05, 0) is 32.6 Å². The van der Waals surface area contributed by atoms with Gasteiger partial charge in [-0.1, -0.05) is 19.3 Å². The molecule has 0 aliphatic heterocycles. The van der Waals surface area contributed by atoms with Crippen molar-refractivity contribution in [1.82, 2.24) is 5.32 Å². The first kappa shape index (κ1) is 13.2. The molecular weight excluding hydrogens is 232 g/mol. The number of carbonyl (C=O) groups excluding carboxylic acids is 1. The van der Waals surface area contributed by atoms with E-state index in [1.165, 1.54) is 44.9 Å². The molecule has 1 unspecified atom stereocenters. The molecule has 0 aromatic carbocycles. The van der Waals surface area contributed by atoms with Gasteiger partial charge in [-0.25, -0.2) is 0 Å². The summed E-state index contributed by atoms with van der Waals surface area (Å²) < 4.78 is 0. The summed E-state index contributed by atoms with van der Waals surface area (Å²) in [6, 6.07) is 0.527. The Morgan fingerprint density at radius 3 is 2.47 bits per heavy atom. The predicted octanol–water partition coefficient (Wildman–Crippen LogP) is 2.05. The van der Waals surface area contributed by atoms with Gasteiger partial charge in [0.15, 0.2) is 0 Å². The van der Waals surface area contributed by atoms with E-state index in [0.29, 0.717) is 6.04 Å². The molecule has 0 saturated heterocycles. The lowest BCUT2D eigenvalue weighted by molar-refractivity contribution is -0.123. The number of carbonyl (C=O) groups is 1. The molecule has 0 radical (unpaired) electrons. The van der Waals surface area contributed by atoms with Crippen molar-refractivity contribution in [3.05, 3.63) is 0 Å². The smallest absolute Gasteiger partial charge is 0.238 e. The Balaban J connectivity index is 1.81. The van der Waals surface area contributed by atoms with Crippen LogP contribution in [0, 0.1) is 0 Å². The fourth-order valence-electron chi connectivity index (χ4n) is 2.38. The fourth-order valence-corrected chi connectivity index (χ4v) is 3.84. The number of nitrogens with one attached hydrogen (secondary N) is 1. The molecule has 2 aliphatic rings. The molecule has 3 N–H and O–H groups in total. The Morgan fingerprint density at radius 2 is 1.94 bits per heavy atom. The Labute approximate surface area is 108 Å². The van der Waals surface area contributed by atoms with Crippen LogP contribution < -0.4 is 11.1 Å². The highest BCUT2D eigenvalue weighted by atomic mass is 32.2. The molecule has 3 nitrogen and oxygen atoms in total. The van der Waals surface area contributed by atoms with Crippen LogP contribution in [0.15, 0.2) is 0 Å². The lowest BCUT2D eigenvalue weighted by atomic mass is 10.0. The van der Waals surface area contributed by atoms with E-state index in [1.54, 1.807) is 0 Å². The van der Waals surface area contributed by atoms with E-state index in [4.69, 9.17) is 5.73 Å². The Kier molecular flexibility index (Phi) is 4.36. The van der Waals surface area contributed by atoms with Crippen LogP contribution >= 0.6 is 11.8 Å². The molecule has 2 saturated carbocycles. The maximum atomic E-state index is 11.6. The maximum absolute atomic E-state index is 11.6. The van der Waals surface area contributed by atoms with E-state index in [-0.39, 0.29) is 5.91 Å². The Hall–Kier alpha value is -0.220. The summed E-state index contributed by atoms with van der Waals surface area (Å²) in [5, 5.41) is 4.15. The van der Waals surface area contributed by atoms with Crippen LogP contribution in [0.3, 0.4) is 0 Å². The third kappa shape index (κ3) is 3.88. The van der Waals surface area contributed by atoms with Crippen LogP contribution in [0.25, 0.3) is 0 Å². The topological polar surface area (TPSA) is 55.1 Å². The lowest BCUT2D eigenvalue weighted by Gasteiger charge is -2.30. The number of thioether (sulfide) groups is 1. The van der Waals surface area contributed by atoms with Gasteiger partial charge in [-0.2, -0.15) is 11.8 Å². The van der Waals surface area contributed by atoms with E-state index in [1.807, 2.05) is 18.7 Å². The third-order valence-corrected chi connectivity index (χ3v) is 5.49. The molecule has 0 aromatic heterocycles. The summed E-state index contributed by atoms with van der Waals surface area (Å²) in [4.78, 5) is 11.6. The van der Waals surface area contributed by atoms with E-state index < -0.39 is 5.54 Å². The summed E-state index contributed by atoms with van der Waals surface area (Å²) >= 11 is 1.94. The summed E-state index contributed by atoms with van der Waals surface area (Å²) in [6.07, 6.45) is 9.08. The van der Waals surface area contributed by atoms with Crippen LogP contribution in [0.2, 0.25) is 0 Å². The van der Waals surface area contributed by atoms with Gasteiger partial charge < -0.3 is 11.1 Å². The number of hydrogen-bond acceptors (Lipinski definition) is 3. The van der Waals surface area contributed by atoms with Gasteiger partial charge in [0.2, 0.25) is 5.91 Å². The monoisotopic (exact) mass is 256 g/mol. The Morgan fingerprint density at radius 1 is 1.29 bits per heavy atom. The molecular formula is C13H24N2OS. The average molecular weight is 256 g/mol. The summed E-state index contributed by atoms with van der Waals surface area (Å²) in [5.74, 6) is 0.622. The molecule has 2 fully saturated rings. The number of rotatable bonds is 6. The van der Waals surface area contributed by atoms with E-state index >= 15 is 0 Å². The normalized spacial score (nSPS) is 25.5. The molecule has 0 bridgehead atoms. The highest BCUT2D eigenvalue weighted by Crippen LogP contribution is 2.31. The molecule has 0 aromatic rings. The molecule has 2 rings (SSSR count). The van der Waals surface area contributed by atoms with Crippen LogP contribution in [-0.4, -0.2) is 28.5 Å². The SMILES string of the molecule is CC(CSC1CCCCC1)(NC1CC1)C(N)=O. The number of hydrogen-bond donors (Lipinski definition) is 2. The van der Waals surface area contributed by atoms with Crippen LogP contribution in [0.5, 0.6) is 0 Å². The van der Waals surface area contributed by atoms with Crippen molar-refractivity contribution in [2.75, 3.05) is 5.75 Å². The first-order chi connectivity index (χ1) is 8.10. The van der Waals surface area contributed by atoms with Gasteiger partial charge >= 0.3 is 0 Å². The maximum Gasteiger partial charge on any atom is 0.238 e. The number of amides is 1. The quantitative estimate of drug-likeness (QED) is 0.765. The van der Waals surface area contributed by atoms with Gasteiger partial charge in [0, 0.05) is 17.0 Å². The Bertz CT molecular complexity index is 275. The minimum absolute atomic E-state index is 0.201. The lowest BCUT2D eigenvalue weighted by Crippen LogP contribution is -2.56. The molecule has 17 heavy (non-hydrogen) atoms. The van der Waals surface area contributed by atoms with Crippen molar-refractivity contribution in [1.29, 1.82) is 0 Å². The third-order valence-electron chi connectivity index (χ3n) is 3.80. The van der Waals surface area contributed by atoms with Crippen LogP contribution in [0.1, 0.15) is 51.9 Å². The zero-order chi connectivity index (χ0) is 12.3. The first-order valence-corrected chi connectivity index (χ1v) is 7.84. The van der Waals surface area contributed by atoms with Crippen LogP contribution in [-0.2, 0) is 4.79 Å². The molecule has 98 valence electrons. The summed E-state index contributed by atoms with van der Waals surface area (Å²) in [5.41, 5.74) is 5.04. The molecule has 1 atom stereocenters. The highest BCUT2D eigenvalue weighted by molar-refractivity contribution is 8.00. The van der Waals surface area contributed by atoms with E-state index in [2.05, 4.69) is 5.32 Å². The average Bonchev–Trinajstić information content (AvgIpc) is 3.11. The van der Waals surface area contributed by atoms with Crippen molar-refractivity contribution in [3.8, 4) is 0 Å². The van der Waals surface area contributed by atoms with Crippen molar-refractivity contribution in [3.63, 3.8) is 0 Å². The summed E-state index contributed by atoms with van der Waals surface area (Å²) in [6.45, 7) is 1.96. The highest BCUT2D eigenvalue weighted by Gasteiger charge is 2.37. The van der Waals surface area contributed by atoms with Crippen molar-refractivity contribution in [2.45, 2.75) is 68.7 Å². The predicted molar refractivity (Wildman–Crippen MR) is 73.1 cm³/mol. The van der Waals surface area contributed by atoms with Gasteiger partial charge in [0.05, 0.1) is 0 Å². The van der Waals surface area contributed by atoms with Crippen molar-refractivity contribution in [2.24, 2.45) is 5.73 Å². The second-order valence-electron chi connectivity index (χ2n) is 5.69. The van der Waals surface area contributed by atoms with E-state index in [9.17, 15) is 4.79 Å². The molecule has 1 amide bonds. The largest absolute Gasteiger partial charge is 0.368 e. The molecule has 0 spiro atoms. The van der Waals surface area contributed by atoms with Gasteiger partial charge in [0.1, 0.15) is 5.54 Å². The second-order valence-corrected chi connectivity index (χ2v) is 6.97. The second kappa shape index (κ2) is 5.61. The molecule has 4 heteroatoms. The standard InChI is InChI=1S/C13H24N2OS/c1-13(12(14)16,15-10-7-8-10)9-17-11-5-3-2-4-6-11/h10-11,15H,2-9H2,1H3,(H2,14,16). The van der Waals surface area contributed by atoms with Crippen LogP contribution in [0.4, 0.5) is 0 Å². The number of primary amides is 1. The number of nitrogens with two attached hydrogens (primary N) is 1. The molecule has 2 aliphatic carbocycles. The minimum Gasteiger partial charge on any atom is -0.368 e. The van der Waals surface area contributed by atoms with Gasteiger partial charge in [-0.15, -0.1) is 0 Å². The fraction of sp³-hybridized carbons (Fsp3) is 0.923. The zero-order valence-corrected chi connectivity index (χ0v) is 11.5. The van der Waals surface area contributed by atoms with E-state index in [0.717, 1.165) is 11.0 Å².